The van der Waals surface area contributed by atoms with Crippen LogP contribution in [0.4, 0.5) is 0 Å². The first-order valence-electron chi connectivity index (χ1n) is 6.27. The van der Waals surface area contributed by atoms with E-state index in [0.29, 0.717) is 38.5 Å². The lowest BCUT2D eigenvalue weighted by Gasteiger charge is -2.17. The molecule has 0 saturated carbocycles. The van der Waals surface area contributed by atoms with Crippen molar-refractivity contribution in [3.8, 4) is 0 Å². The summed E-state index contributed by atoms with van der Waals surface area (Å²) in [7, 11) is 0. The van der Waals surface area contributed by atoms with Crippen LogP contribution in [0.5, 0.6) is 0 Å². The van der Waals surface area contributed by atoms with E-state index in [4.69, 9.17) is 15.3 Å². The smallest absolute Gasteiger partial charge is 0.159 e. The summed E-state index contributed by atoms with van der Waals surface area (Å²) in [5.41, 5.74) is 0. The molecule has 0 aliphatic heterocycles. The Morgan fingerprint density at radius 1 is 0.882 bits per heavy atom. The van der Waals surface area contributed by atoms with Crippen LogP contribution in [0, 0.1) is 0 Å². The van der Waals surface area contributed by atoms with E-state index in [9.17, 15) is 10.2 Å². The standard InChI is InChI=1S/C12H26O5/c1-12(16,17)8-3-6-10(14)4-2-5-11(15)7-9-13/h10-11,13-17H,2-9H2,1H3. The Bertz CT molecular complexity index is 178. The van der Waals surface area contributed by atoms with Crippen molar-refractivity contribution >= 4 is 0 Å². The van der Waals surface area contributed by atoms with Gasteiger partial charge in [0, 0.05) is 13.0 Å². The maximum Gasteiger partial charge on any atom is 0.159 e. The summed E-state index contributed by atoms with van der Waals surface area (Å²) in [6, 6.07) is 0. The SMILES string of the molecule is CC(O)(O)CCCC(O)CCCC(O)CCO. The fourth-order valence-electron chi connectivity index (χ4n) is 1.70. The molecule has 0 rings (SSSR count). The van der Waals surface area contributed by atoms with E-state index in [1.165, 1.54) is 6.92 Å². The third-order valence-corrected chi connectivity index (χ3v) is 2.72. The Morgan fingerprint density at radius 3 is 1.82 bits per heavy atom. The third-order valence-electron chi connectivity index (χ3n) is 2.72. The van der Waals surface area contributed by atoms with Gasteiger partial charge in [-0.2, -0.15) is 0 Å². The number of rotatable bonds is 10. The Hall–Kier alpha value is -0.200. The normalized spacial score (nSPS) is 15.9. The van der Waals surface area contributed by atoms with E-state index in [2.05, 4.69) is 0 Å². The van der Waals surface area contributed by atoms with Crippen LogP contribution in [0.15, 0.2) is 0 Å². The summed E-state index contributed by atoms with van der Waals surface area (Å²) >= 11 is 0. The topological polar surface area (TPSA) is 101 Å². The van der Waals surface area contributed by atoms with E-state index >= 15 is 0 Å². The minimum atomic E-state index is -1.66. The van der Waals surface area contributed by atoms with Crippen LogP contribution in [-0.2, 0) is 0 Å². The van der Waals surface area contributed by atoms with Gasteiger partial charge in [0.1, 0.15) is 0 Å². The fraction of sp³-hybridized carbons (Fsp3) is 1.00. The van der Waals surface area contributed by atoms with Crippen LogP contribution >= 0.6 is 0 Å². The summed E-state index contributed by atoms with van der Waals surface area (Å²) < 4.78 is 0. The highest BCUT2D eigenvalue weighted by Crippen LogP contribution is 2.14. The molecule has 0 aliphatic carbocycles. The third kappa shape index (κ3) is 12.1. The molecule has 0 aliphatic rings. The molecule has 5 heteroatoms. The lowest BCUT2D eigenvalue weighted by atomic mass is 10.0. The molecule has 0 spiro atoms. The van der Waals surface area contributed by atoms with Gasteiger partial charge in [-0.25, -0.2) is 0 Å². The van der Waals surface area contributed by atoms with Gasteiger partial charge in [0.05, 0.1) is 12.2 Å². The van der Waals surface area contributed by atoms with Crippen molar-refractivity contribution in [1.29, 1.82) is 0 Å². The maximum atomic E-state index is 9.59. The van der Waals surface area contributed by atoms with E-state index in [0.717, 1.165) is 0 Å². The Kier molecular flexibility index (Phi) is 8.72. The van der Waals surface area contributed by atoms with Crippen molar-refractivity contribution < 1.29 is 25.5 Å². The first kappa shape index (κ1) is 16.8. The molecule has 0 heterocycles. The highest BCUT2D eigenvalue weighted by molar-refractivity contribution is 4.63. The molecule has 0 aromatic rings. The number of hydrogen-bond acceptors (Lipinski definition) is 5. The molecule has 0 aromatic carbocycles. The highest BCUT2D eigenvalue weighted by atomic mass is 16.5. The van der Waals surface area contributed by atoms with Crippen molar-refractivity contribution in [2.75, 3.05) is 6.61 Å². The van der Waals surface area contributed by atoms with Crippen molar-refractivity contribution in [2.24, 2.45) is 0 Å². The molecule has 0 aromatic heterocycles. The Morgan fingerprint density at radius 2 is 1.35 bits per heavy atom. The second-order valence-electron chi connectivity index (χ2n) is 4.86. The largest absolute Gasteiger partial charge is 0.396 e. The van der Waals surface area contributed by atoms with E-state index in [-0.39, 0.29) is 13.0 Å². The summed E-state index contributed by atoms with van der Waals surface area (Å²) in [6.45, 7) is 1.31. The highest BCUT2D eigenvalue weighted by Gasteiger charge is 2.15. The second-order valence-corrected chi connectivity index (χ2v) is 4.86. The molecule has 0 radical (unpaired) electrons. The van der Waals surface area contributed by atoms with Crippen LogP contribution < -0.4 is 0 Å². The number of aliphatic hydroxyl groups is 5. The first-order valence-corrected chi connectivity index (χ1v) is 6.27. The van der Waals surface area contributed by atoms with Gasteiger partial charge in [0.15, 0.2) is 5.79 Å². The molecule has 5 nitrogen and oxygen atoms in total. The van der Waals surface area contributed by atoms with E-state index < -0.39 is 18.0 Å². The molecule has 2 unspecified atom stereocenters. The zero-order valence-corrected chi connectivity index (χ0v) is 10.5. The van der Waals surface area contributed by atoms with Crippen molar-refractivity contribution in [3.05, 3.63) is 0 Å². The molecule has 2 atom stereocenters. The summed E-state index contributed by atoms with van der Waals surface area (Å²) in [5, 5.41) is 45.6. The second kappa shape index (κ2) is 8.83. The molecule has 104 valence electrons. The van der Waals surface area contributed by atoms with Crippen molar-refractivity contribution in [2.45, 2.75) is 69.9 Å². The molecule has 0 bridgehead atoms. The van der Waals surface area contributed by atoms with Crippen LogP contribution in [0.25, 0.3) is 0 Å². The van der Waals surface area contributed by atoms with Gasteiger partial charge in [-0.1, -0.05) is 0 Å². The quantitative estimate of drug-likeness (QED) is 0.355. The molecule has 5 N–H and O–H groups in total. The van der Waals surface area contributed by atoms with E-state index in [1.54, 1.807) is 0 Å². The molecule has 17 heavy (non-hydrogen) atoms. The molecule has 0 saturated heterocycles. The zero-order valence-electron chi connectivity index (χ0n) is 10.5. The van der Waals surface area contributed by atoms with Crippen LogP contribution in [0.3, 0.4) is 0 Å². The van der Waals surface area contributed by atoms with Gasteiger partial charge in [-0.15, -0.1) is 0 Å². The lowest BCUT2D eigenvalue weighted by molar-refractivity contribution is -0.150. The van der Waals surface area contributed by atoms with Crippen LogP contribution in [0.1, 0.15) is 51.9 Å². The average molecular weight is 250 g/mol. The minimum absolute atomic E-state index is 0.0185. The summed E-state index contributed by atoms with van der Waals surface area (Å²) in [6.07, 6.45) is 2.64. The van der Waals surface area contributed by atoms with Gasteiger partial charge in [-0.05, 0) is 45.4 Å². The number of hydrogen-bond donors (Lipinski definition) is 5. The van der Waals surface area contributed by atoms with Crippen LogP contribution in [-0.4, -0.2) is 50.1 Å². The molecular weight excluding hydrogens is 224 g/mol. The lowest BCUT2D eigenvalue weighted by Crippen LogP contribution is -2.23. The van der Waals surface area contributed by atoms with Gasteiger partial charge in [0.2, 0.25) is 0 Å². The Balaban J connectivity index is 3.43. The molecule has 0 fully saturated rings. The van der Waals surface area contributed by atoms with Crippen molar-refractivity contribution in [3.63, 3.8) is 0 Å². The predicted molar refractivity (Wildman–Crippen MR) is 64.3 cm³/mol. The van der Waals surface area contributed by atoms with E-state index in [1.807, 2.05) is 0 Å². The van der Waals surface area contributed by atoms with Crippen molar-refractivity contribution in [1.82, 2.24) is 0 Å². The average Bonchev–Trinajstić information content (AvgIpc) is 2.16. The van der Waals surface area contributed by atoms with Gasteiger partial charge in [-0.3, -0.25) is 0 Å². The molecular formula is C12H26O5. The van der Waals surface area contributed by atoms with Gasteiger partial charge >= 0.3 is 0 Å². The molecule has 0 amide bonds. The maximum absolute atomic E-state index is 9.59. The van der Waals surface area contributed by atoms with Gasteiger partial charge < -0.3 is 25.5 Å². The Labute approximate surface area is 103 Å². The minimum Gasteiger partial charge on any atom is -0.396 e. The zero-order chi connectivity index (χ0) is 13.3. The number of aliphatic hydroxyl groups excluding tert-OH is 3. The predicted octanol–water partition coefficient (Wildman–Crippen LogP) is 0.132. The first-order chi connectivity index (χ1) is 7.85. The van der Waals surface area contributed by atoms with Gasteiger partial charge in [0.25, 0.3) is 0 Å². The summed E-state index contributed by atoms with van der Waals surface area (Å²) in [5.74, 6) is -1.66. The monoisotopic (exact) mass is 250 g/mol. The fourth-order valence-corrected chi connectivity index (χ4v) is 1.70. The summed E-state index contributed by atoms with van der Waals surface area (Å²) in [4.78, 5) is 0. The van der Waals surface area contributed by atoms with Crippen LogP contribution in [0.2, 0.25) is 0 Å².